The molecule has 0 unspecified atom stereocenters. The quantitative estimate of drug-likeness (QED) is 0.179. The van der Waals surface area contributed by atoms with Gasteiger partial charge in [0.1, 0.15) is 22.9 Å². The molecular formula is C37H33FN4O3S. The Labute approximate surface area is 267 Å². The van der Waals surface area contributed by atoms with E-state index in [1.807, 2.05) is 71.4 Å². The Kier molecular flexibility index (Phi) is 7.88. The number of sulfone groups is 1. The summed E-state index contributed by atoms with van der Waals surface area (Å²) in [6, 6.07) is 37.2. The van der Waals surface area contributed by atoms with Crippen LogP contribution in [0.2, 0.25) is 0 Å². The number of nitrogens with zero attached hydrogens (tertiary/aromatic N) is 4. The molecule has 46 heavy (non-hydrogen) atoms. The predicted molar refractivity (Wildman–Crippen MR) is 179 cm³/mol. The topological polar surface area (TPSA) is 77.3 Å². The highest BCUT2D eigenvalue weighted by atomic mass is 32.2. The van der Waals surface area contributed by atoms with Gasteiger partial charge in [-0.3, -0.25) is 0 Å². The highest BCUT2D eigenvalue weighted by Crippen LogP contribution is 2.44. The van der Waals surface area contributed by atoms with Crippen molar-refractivity contribution in [2.24, 2.45) is 0 Å². The molecule has 1 aliphatic heterocycles. The van der Waals surface area contributed by atoms with E-state index in [1.165, 1.54) is 6.07 Å². The van der Waals surface area contributed by atoms with Crippen LogP contribution >= 0.6 is 0 Å². The van der Waals surface area contributed by atoms with Gasteiger partial charge in [0.2, 0.25) is 0 Å². The zero-order chi connectivity index (χ0) is 31.7. The van der Waals surface area contributed by atoms with Crippen molar-refractivity contribution < 1.29 is 17.5 Å². The predicted octanol–water partition coefficient (Wildman–Crippen LogP) is 6.46. The number of aromatic nitrogens is 3. The molecule has 1 saturated heterocycles. The maximum Gasteiger partial charge on any atom is 0.151 e. The third-order valence-electron chi connectivity index (χ3n) is 8.51. The fourth-order valence-electron chi connectivity index (χ4n) is 6.48. The Balaban J connectivity index is 1.58. The minimum absolute atomic E-state index is 0.1000. The molecule has 7 rings (SSSR count). The highest BCUT2D eigenvalue weighted by Gasteiger charge is 2.41. The van der Waals surface area contributed by atoms with E-state index in [0.29, 0.717) is 42.9 Å². The van der Waals surface area contributed by atoms with Crippen LogP contribution in [0.4, 0.5) is 10.2 Å². The standard InChI is InChI=1S/C37H33FN4O3S/c1-46(43,44)26-28-23-32-34(25-33(28)38)42(40-36(32)27-17-18-39-35(24-27)41-19-21-45-22-20-41)37(29-11-5-2-6-12-29,30-13-7-3-8-14-30)31-15-9-4-10-16-31/h2-18,23-25H,19-22,26H2,1H3. The zero-order valence-corrected chi connectivity index (χ0v) is 26.2. The van der Waals surface area contributed by atoms with E-state index in [0.717, 1.165) is 34.3 Å². The van der Waals surface area contributed by atoms with Crippen LogP contribution in [0.15, 0.2) is 121 Å². The van der Waals surface area contributed by atoms with Gasteiger partial charge >= 0.3 is 0 Å². The van der Waals surface area contributed by atoms with Crippen molar-refractivity contribution in [3.8, 4) is 11.3 Å². The number of hydrogen-bond acceptors (Lipinski definition) is 6. The number of halogens is 1. The third kappa shape index (κ3) is 5.46. The van der Waals surface area contributed by atoms with Crippen LogP contribution in [0.1, 0.15) is 22.3 Å². The first kappa shape index (κ1) is 29.8. The van der Waals surface area contributed by atoms with Crippen molar-refractivity contribution in [3.05, 3.63) is 150 Å². The lowest BCUT2D eigenvalue weighted by atomic mass is 9.77. The van der Waals surface area contributed by atoms with E-state index in [2.05, 4.69) is 46.3 Å². The number of rotatable bonds is 8. The van der Waals surface area contributed by atoms with Crippen molar-refractivity contribution in [1.29, 1.82) is 0 Å². The molecule has 3 heterocycles. The Hall–Kier alpha value is -4.86. The number of ether oxygens (including phenoxy) is 1. The first-order chi connectivity index (χ1) is 22.3. The van der Waals surface area contributed by atoms with Gasteiger partial charge in [0.25, 0.3) is 0 Å². The van der Waals surface area contributed by atoms with Crippen molar-refractivity contribution in [2.75, 3.05) is 37.5 Å². The van der Waals surface area contributed by atoms with Crippen LogP contribution in [0.3, 0.4) is 0 Å². The normalized spacial score (nSPS) is 14.1. The molecule has 2 aromatic heterocycles. The van der Waals surface area contributed by atoms with E-state index >= 15 is 4.39 Å². The van der Waals surface area contributed by atoms with Gasteiger partial charge in [0, 0.05) is 48.1 Å². The molecule has 0 bridgehead atoms. The molecule has 0 N–H and O–H groups in total. The molecule has 0 saturated carbocycles. The molecular weight excluding hydrogens is 599 g/mol. The van der Waals surface area contributed by atoms with Crippen molar-refractivity contribution in [2.45, 2.75) is 11.3 Å². The van der Waals surface area contributed by atoms with Crippen LogP contribution in [0, 0.1) is 5.82 Å². The maximum atomic E-state index is 16.0. The molecule has 1 fully saturated rings. The molecule has 0 atom stereocenters. The average Bonchev–Trinajstić information content (AvgIpc) is 3.45. The molecule has 6 aromatic rings. The largest absolute Gasteiger partial charge is 0.378 e. The van der Waals surface area contributed by atoms with Crippen LogP contribution < -0.4 is 4.90 Å². The summed E-state index contributed by atoms with van der Waals surface area (Å²) in [5, 5.41) is 6.00. The van der Waals surface area contributed by atoms with Crippen molar-refractivity contribution >= 4 is 26.6 Å². The van der Waals surface area contributed by atoms with E-state index < -0.39 is 26.9 Å². The van der Waals surface area contributed by atoms with Gasteiger partial charge in [0.05, 0.1) is 24.5 Å². The minimum Gasteiger partial charge on any atom is -0.378 e. The second kappa shape index (κ2) is 12.2. The number of pyridine rings is 1. The van der Waals surface area contributed by atoms with Crippen LogP contribution in [-0.2, 0) is 25.9 Å². The summed E-state index contributed by atoms with van der Waals surface area (Å²) in [6.07, 6.45) is 2.87. The van der Waals surface area contributed by atoms with Gasteiger partial charge in [0.15, 0.2) is 9.84 Å². The first-order valence-corrected chi connectivity index (χ1v) is 17.3. The summed E-state index contributed by atoms with van der Waals surface area (Å²) in [5.74, 6) is -0.226. The van der Waals surface area contributed by atoms with Crippen LogP contribution in [-0.4, -0.2) is 55.7 Å². The summed E-state index contributed by atoms with van der Waals surface area (Å²) >= 11 is 0. The number of anilines is 1. The number of fused-ring (bicyclic) bond motifs is 1. The van der Waals surface area contributed by atoms with Gasteiger partial charge in [-0.1, -0.05) is 91.0 Å². The second-order valence-electron chi connectivity index (χ2n) is 11.6. The summed E-state index contributed by atoms with van der Waals surface area (Å²) in [7, 11) is -3.51. The highest BCUT2D eigenvalue weighted by molar-refractivity contribution is 7.89. The zero-order valence-electron chi connectivity index (χ0n) is 25.4. The minimum atomic E-state index is -3.51. The maximum absolute atomic E-state index is 16.0. The Bertz CT molecular complexity index is 2000. The number of hydrogen-bond donors (Lipinski definition) is 0. The van der Waals surface area contributed by atoms with E-state index in [9.17, 15) is 8.42 Å². The first-order valence-electron chi connectivity index (χ1n) is 15.2. The second-order valence-corrected chi connectivity index (χ2v) is 13.7. The summed E-state index contributed by atoms with van der Waals surface area (Å²) in [6.45, 7) is 2.67. The smallest absolute Gasteiger partial charge is 0.151 e. The van der Waals surface area contributed by atoms with E-state index in [4.69, 9.17) is 9.84 Å². The number of morpholine rings is 1. The molecule has 4 aromatic carbocycles. The van der Waals surface area contributed by atoms with Gasteiger partial charge in [-0.15, -0.1) is 0 Å². The molecule has 232 valence electrons. The molecule has 7 nitrogen and oxygen atoms in total. The Morgan fingerprint density at radius 3 is 1.91 bits per heavy atom. The lowest BCUT2D eigenvalue weighted by Crippen LogP contribution is -2.38. The Morgan fingerprint density at radius 1 is 0.804 bits per heavy atom. The lowest BCUT2D eigenvalue weighted by Gasteiger charge is -2.37. The lowest BCUT2D eigenvalue weighted by molar-refractivity contribution is 0.122. The fraction of sp³-hybridized carbons (Fsp3) is 0.189. The van der Waals surface area contributed by atoms with Gasteiger partial charge < -0.3 is 9.64 Å². The third-order valence-corrected chi connectivity index (χ3v) is 9.35. The van der Waals surface area contributed by atoms with Crippen LogP contribution in [0.5, 0.6) is 0 Å². The van der Waals surface area contributed by atoms with E-state index in [-0.39, 0.29) is 5.56 Å². The molecule has 1 aliphatic rings. The molecule has 9 heteroatoms. The SMILES string of the molecule is CS(=O)(=O)Cc1cc2c(-c3ccnc(N4CCOCC4)c3)nn(C(c3ccccc3)(c3ccccc3)c3ccccc3)c2cc1F. The van der Waals surface area contributed by atoms with E-state index in [1.54, 1.807) is 12.3 Å². The number of benzene rings is 4. The molecule has 0 aliphatic carbocycles. The Morgan fingerprint density at radius 2 is 1.37 bits per heavy atom. The summed E-state index contributed by atoms with van der Waals surface area (Å²) in [5.41, 5.74) is 3.83. The summed E-state index contributed by atoms with van der Waals surface area (Å²) in [4.78, 5) is 6.81. The van der Waals surface area contributed by atoms with Crippen molar-refractivity contribution in [3.63, 3.8) is 0 Å². The van der Waals surface area contributed by atoms with Gasteiger partial charge in [-0.25, -0.2) is 22.5 Å². The van der Waals surface area contributed by atoms with Gasteiger partial charge in [-0.05, 0) is 34.9 Å². The monoisotopic (exact) mass is 632 g/mol. The molecule has 0 spiro atoms. The van der Waals surface area contributed by atoms with Crippen LogP contribution in [0.25, 0.3) is 22.2 Å². The summed E-state index contributed by atoms with van der Waals surface area (Å²) < 4.78 is 48.2. The average molecular weight is 633 g/mol. The van der Waals surface area contributed by atoms with Crippen molar-refractivity contribution in [1.82, 2.24) is 14.8 Å². The fourth-order valence-corrected chi connectivity index (χ4v) is 7.26. The molecule has 0 radical (unpaired) electrons. The molecule has 0 amide bonds. The van der Waals surface area contributed by atoms with Gasteiger partial charge in [-0.2, -0.15) is 5.10 Å².